The number of nitrogens with zero attached hydrogens (tertiary/aromatic N) is 1. The van der Waals surface area contributed by atoms with Crippen LogP contribution in [0.5, 0.6) is 0 Å². The number of aromatic nitrogens is 1. The highest BCUT2D eigenvalue weighted by Gasteiger charge is 2.16. The highest BCUT2D eigenvalue weighted by molar-refractivity contribution is 5.92. The molecule has 5 nitrogen and oxygen atoms in total. The van der Waals surface area contributed by atoms with E-state index in [-0.39, 0.29) is 17.6 Å². The van der Waals surface area contributed by atoms with Crippen LogP contribution in [0.1, 0.15) is 40.7 Å². The zero-order valence-corrected chi connectivity index (χ0v) is 9.98. The van der Waals surface area contributed by atoms with Crippen molar-refractivity contribution in [3.8, 4) is 0 Å². The van der Waals surface area contributed by atoms with Gasteiger partial charge in [-0.15, -0.1) is 0 Å². The molecule has 0 bridgehead atoms. The molecule has 1 N–H and O–H groups in total. The molecule has 17 heavy (non-hydrogen) atoms. The molecule has 0 spiro atoms. The number of amides is 1. The molecule has 0 aliphatic rings. The van der Waals surface area contributed by atoms with Crippen LogP contribution in [-0.4, -0.2) is 11.1 Å². The van der Waals surface area contributed by atoms with Gasteiger partial charge in [0, 0.05) is 6.07 Å². The number of aryl methyl sites for hydroxylation is 2. The number of hydrogen-bond acceptors (Lipinski definition) is 4. The monoisotopic (exact) mass is 234 g/mol. The van der Waals surface area contributed by atoms with Crippen LogP contribution in [0, 0.1) is 13.8 Å². The van der Waals surface area contributed by atoms with E-state index < -0.39 is 0 Å². The molecule has 2 aromatic rings. The van der Waals surface area contributed by atoms with E-state index in [9.17, 15) is 4.79 Å². The molecule has 5 heteroatoms. The molecule has 2 heterocycles. The molecule has 2 aromatic heterocycles. The molecular formula is C12H14N2O3. The lowest BCUT2D eigenvalue weighted by molar-refractivity contribution is 0.0926. The number of hydrogen-bond donors (Lipinski definition) is 1. The van der Waals surface area contributed by atoms with Gasteiger partial charge in [-0.05, 0) is 32.9 Å². The Morgan fingerprint density at radius 1 is 1.35 bits per heavy atom. The van der Waals surface area contributed by atoms with Crippen molar-refractivity contribution < 1.29 is 13.7 Å². The van der Waals surface area contributed by atoms with Gasteiger partial charge in [-0.25, -0.2) is 0 Å². The summed E-state index contributed by atoms with van der Waals surface area (Å²) >= 11 is 0. The van der Waals surface area contributed by atoms with E-state index in [4.69, 9.17) is 8.94 Å². The van der Waals surface area contributed by atoms with Crippen LogP contribution in [0.3, 0.4) is 0 Å². The summed E-state index contributed by atoms with van der Waals surface area (Å²) in [6.07, 6.45) is 0. The maximum Gasteiger partial charge on any atom is 0.274 e. The molecule has 0 aliphatic heterocycles. The Balaban J connectivity index is 2.04. The van der Waals surface area contributed by atoms with Crippen molar-refractivity contribution in [2.75, 3.05) is 0 Å². The van der Waals surface area contributed by atoms with Gasteiger partial charge in [0.2, 0.25) is 0 Å². The van der Waals surface area contributed by atoms with Crippen LogP contribution in [0.25, 0.3) is 0 Å². The van der Waals surface area contributed by atoms with Gasteiger partial charge < -0.3 is 14.3 Å². The molecule has 1 amide bonds. The summed E-state index contributed by atoms with van der Waals surface area (Å²) in [7, 11) is 0. The summed E-state index contributed by atoms with van der Waals surface area (Å²) < 4.78 is 10.3. The van der Waals surface area contributed by atoms with Crippen LogP contribution in [0.4, 0.5) is 0 Å². The van der Waals surface area contributed by atoms with Crippen LogP contribution in [0.2, 0.25) is 0 Å². The third-order valence-corrected chi connectivity index (χ3v) is 2.40. The second-order valence-corrected chi connectivity index (χ2v) is 3.97. The van der Waals surface area contributed by atoms with Crippen molar-refractivity contribution in [2.24, 2.45) is 0 Å². The minimum atomic E-state index is -0.275. The second kappa shape index (κ2) is 4.45. The van der Waals surface area contributed by atoms with Crippen molar-refractivity contribution in [3.63, 3.8) is 0 Å². The van der Waals surface area contributed by atoms with Gasteiger partial charge in [0.15, 0.2) is 5.69 Å². The fourth-order valence-electron chi connectivity index (χ4n) is 1.50. The number of nitrogens with one attached hydrogen (secondary N) is 1. The summed E-state index contributed by atoms with van der Waals surface area (Å²) in [6.45, 7) is 5.45. The summed E-state index contributed by atoms with van der Waals surface area (Å²) in [4.78, 5) is 11.8. The summed E-state index contributed by atoms with van der Waals surface area (Å²) in [5.41, 5.74) is 0.276. The fourth-order valence-corrected chi connectivity index (χ4v) is 1.50. The van der Waals surface area contributed by atoms with Crippen molar-refractivity contribution in [1.82, 2.24) is 10.5 Å². The van der Waals surface area contributed by atoms with Crippen LogP contribution < -0.4 is 5.32 Å². The van der Waals surface area contributed by atoms with Crippen molar-refractivity contribution in [3.05, 3.63) is 41.2 Å². The average Bonchev–Trinajstić information content (AvgIpc) is 2.87. The van der Waals surface area contributed by atoms with Gasteiger partial charge in [-0.2, -0.15) is 0 Å². The van der Waals surface area contributed by atoms with E-state index >= 15 is 0 Å². The Kier molecular flexibility index (Phi) is 2.99. The average molecular weight is 234 g/mol. The van der Waals surface area contributed by atoms with Gasteiger partial charge in [-0.1, -0.05) is 5.16 Å². The maximum atomic E-state index is 11.8. The van der Waals surface area contributed by atoms with Crippen LogP contribution in [0.15, 0.2) is 27.1 Å². The summed E-state index contributed by atoms with van der Waals surface area (Å²) in [5, 5.41) is 6.43. The first-order valence-electron chi connectivity index (χ1n) is 5.37. The number of carbonyl (C=O) groups is 1. The van der Waals surface area contributed by atoms with E-state index in [2.05, 4.69) is 10.5 Å². The lowest BCUT2D eigenvalue weighted by Gasteiger charge is -2.09. The summed E-state index contributed by atoms with van der Waals surface area (Å²) in [6, 6.07) is 5.09. The first kappa shape index (κ1) is 11.4. The molecule has 1 atom stereocenters. The quantitative estimate of drug-likeness (QED) is 0.885. The Morgan fingerprint density at radius 2 is 2.12 bits per heavy atom. The Bertz CT molecular complexity index is 527. The molecule has 0 saturated carbocycles. The molecule has 0 radical (unpaired) electrons. The molecular weight excluding hydrogens is 220 g/mol. The standard InChI is InChI=1S/C12H14N2O3/c1-7-4-5-11(16-7)9(3)13-12(15)10-6-8(2)17-14-10/h4-6,9H,1-3H3,(H,13,15)/t9-/m0/s1. The topological polar surface area (TPSA) is 68.3 Å². The minimum absolute atomic E-state index is 0.201. The zero-order valence-electron chi connectivity index (χ0n) is 9.98. The normalized spacial score (nSPS) is 12.4. The molecule has 0 aromatic carbocycles. The Labute approximate surface area is 98.8 Å². The first-order valence-corrected chi connectivity index (χ1v) is 5.37. The lowest BCUT2D eigenvalue weighted by Crippen LogP contribution is -2.26. The van der Waals surface area contributed by atoms with E-state index in [1.165, 1.54) is 0 Å². The summed E-state index contributed by atoms with van der Waals surface area (Å²) in [5.74, 6) is 1.87. The van der Waals surface area contributed by atoms with Crippen LogP contribution >= 0.6 is 0 Å². The largest absolute Gasteiger partial charge is 0.464 e. The van der Waals surface area contributed by atoms with E-state index in [1.807, 2.05) is 26.0 Å². The molecule has 90 valence electrons. The van der Waals surface area contributed by atoms with Gasteiger partial charge in [0.05, 0.1) is 6.04 Å². The van der Waals surface area contributed by atoms with Gasteiger partial charge >= 0.3 is 0 Å². The maximum absolute atomic E-state index is 11.8. The number of rotatable bonds is 3. The predicted octanol–water partition coefficient (Wildman–Crippen LogP) is 2.38. The zero-order chi connectivity index (χ0) is 12.4. The minimum Gasteiger partial charge on any atom is -0.464 e. The van der Waals surface area contributed by atoms with E-state index in [0.29, 0.717) is 5.76 Å². The number of furan rings is 1. The highest BCUT2D eigenvalue weighted by Crippen LogP contribution is 2.16. The molecule has 2 rings (SSSR count). The third-order valence-electron chi connectivity index (χ3n) is 2.40. The van der Waals surface area contributed by atoms with Crippen molar-refractivity contribution >= 4 is 5.91 Å². The number of carbonyl (C=O) groups excluding carboxylic acids is 1. The third kappa shape index (κ3) is 2.55. The second-order valence-electron chi connectivity index (χ2n) is 3.97. The van der Waals surface area contributed by atoms with Crippen molar-refractivity contribution in [2.45, 2.75) is 26.8 Å². The Hall–Kier alpha value is -2.04. The lowest BCUT2D eigenvalue weighted by atomic mass is 10.2. The predicted molar refractivity (Wildman–Crippen MR) is 60.6 cm³/mol. The van der Waals surface area contributed by atoms with E-state index in [0.717, 1.165) is 11.5 Å². The van der Waals surface area contributed by atoms with Gasteiger partial charge in [0.25, 0.3) is 5.91 Å². The molecule has 0 fully saturated rings. The molecule has 0 unspecified atom stereocenters. The Morgan fingerprint density at radius 3 is 2.65 bits per heavy atom. The first-order chi connectivity index (χ1) is 8.06. The SMILES string of the molecule is Cc1cc(C(=O)N[C@@H](C)c2ccc(C)o2)no1. The van der Waals surface area contributed by atoms with Crippen molar-refractivity contribution in [1.29, 1.82) is 0 Å². The fraction of sp³-hybridized carbons (Fsp3) is 0.333. The van der Waals surface area contributed by atoms with Crippen LogP contribution in [-0.2, 0) is 0 Å². The van der Waals surface area contributed by atoms with E-state index in [1.54, 1.807) is 13.0 Å². The molecule has 0 aliphatic carbocycles. The van der Waals surface area contributed by atoms with Gasteiger partial charge in [-0.3, -0.25) is 4.79 Å². The van der Waals surface area contributed by atoms with Gasteiger partial charge in [0.1, 0.15) is 17.3 Å². The highest BCUT2D eigenvalue weighted by atomic mass is 16.5. The molecule has 0 saturated heterocycles. The smallest absolute Gasteiger partial charge is 0.274 e.